The van der Waals surface area contributed by atoms with Gasteiger partial charge < -0.3 is 10.3 Å². The number of halogens is 2. The van der Waals surface area contributed by atoms with E-state index in [1.807, 2.05) is 25.1 Å². The summed E-state index contributed by atoms with van der Waals surface area (Å²) in [7, 11) is 0. The van der Waals surface area contributed by atoms with Gasteiger partial charge in [-0.2, -0.15) is 0 Å². The Morgan fingerprint density at radius 3 is 2.81 bits per heavy atom. The molecule has 1 heterocycles. The van der Waals surface area contributed by atoms with Crippen LogP contribution < -0.4 is 5.73 Å². The lowest BCUT2D eigenvalue weighted by molar-refractivity contribution is 0.435. The van der Waals surface area contributed by atoms with Crippen molar-refractivity contribution in [1.82, 2.24) is 5.16 Å². The number of nitrogens with zero attached hydrogens (tertiary/aromatic N) is 1. The van der Waals surface area contributed by atoms with Crippen molar-refractivity contribution < 1.29 is 4.52 Å². The highest BCUT2D eigenvalue weighted by atomic mass is 79.9. The van der Waals surface area contributed by atoms with Gasteiger partial charge in [0.1, 0.15) is 0 Å². The second kappa shape index (κ2) is 4.47. The van der Waals surface area contributed by atoms with Gasteiger partial charge in [-0.05, 0) is 24.6 Å². The van der Waals surface area contributed by atoms with E-state index in [2.05, 4.69) is 21.1 Å². The van der Waals surface area contributed by atoms with Gasteiger partial charge in [-0.25, -0.2) is 0 Å². The summed E-state index contributed by atoms with van der Waals surface area (Å²) >= 11 is 9.36. The van der Waals surface area contributed by atoms with Crippen LogP contribution in [0.15, 0.2) is 27.2 Å². The molecule has 0 amide bonds. The lowest BCUT2D eigenvalue weighted by atomic mass is 10.1. The Morgan fingerprint density at radius 2 is 2.19 bits per heavy atom. The molecule has 0 spiro atoms. The summed E-state index contributed by atoms with van der Waals surface area (Å²) < 4.78 is 6.12. The van der Waals surface area contributed by atoms with Crippen LogP contribution in [0.4, 0.5) is 5.82 Å². The maximum absolute atomic E-state index is 5.98. The Labute approximate surface area is 107 Å². The summed E-state index contributed by atoms with van der Waals surface area (Å²) in [6.45, 7) is 2.01. The predicted molar refractivity (Wildman–Crippen MR) is 68.4 cm³/mol. The molecule has 0 unspecified atom stereocenters. The van der Waals surface area contributed by atoms with Gasteiger partial charge in [0.15, 0.2) is 11.6 Å². The van der Waals surface area contributed by atoms with Crippen LogP contribution in [-0.4, -0.2) is 5.16 Å². The van der Waals surface area contributed by atoms with E-state index in [0.29, 0.717) is 16.6 Å². The third-order valence-electron chi connectivity index (χ3n) is 2.30. The zero-order valence-electron chi connectivity index (χ0n) is 8.63. The Morgan fingerprint density at radius 1 is 1.44 bits per heavy atom. The molecule has 5 heteroatoms. The quantitative estimate of drug-likeness (QED) is 0.915. The first-order valence-electron chi connectivity index (χ1n) is 4.82. The standard InChI is InChI=1S/C11H10BrClN2O/c1-2-9-10(16-15-11(9)14)6-3-7(12)5-8(13)4-6/h3-5H,2H2,1H3,(H2,14,15). The number of anilines is 1. The number of benzene rings is 1. The molecule has 0 fully saturated rings. The summed E-state index contributed by atoms with van der Waals surface area (Å²) in [6.07, 6.45) is 0.773. The third-order valence-corrected chi connectivity index (χ3v) is 2.97. The van der Waals surface area contributed by atoms with Crippen LogP contribution in [-0.2, 0) is 6.42 Å². The van der Waals surface area contributed by atoms with E-state index in [9.17, 15) is 0 Å². The molecule has 0 atom stereocenters. The minimum atomic E-state index is 0.439. The minimum absolute atomic E-state index is 0.439. The summed E-state index contributed by atoms with van der Waals surface area (Å²) in [5, 5.41) is 4.41. The van der Waals surface area contributed by atoms with E-state index in [-0.39, 0.29) is 0 Å². The highest BCUT2D eigenvalue weighted by molar-refractivity contribution is 9.10. The molecule has 84 valence electrons. The molecule has 0 radical (unpaired) electrons. The predicted octanol–water partition coefficient (Wildman–Crippen LogP) is 3.90. The molecule has 3 nitrogen and oxygen atoms in total. The van der Waals surface area contributed by atoms with Crippen LogP contribution in [0.1, 0.15) is 12.5 Å². The molecule has 0 bridgehead atoms. The summed E-state index contributed by atoms with van der Waals surface area (Å²) in [5.74, 6) is 1.12. The molecule has 0 saturated carbocycles. The lowest BCUT2D eigenvalue weighted by Crippen LogP contribution is -1.90. The summed E-state index contributed by atoms with van der Waals surface area (Å²) in [5.41, 5.74) is 7.50. The smallest absolute Gasteiger partial charge is 0.172 e. The molecule has 0 aliphatic rings. The summed E-state index contributed by atoms with van der Waals surface area (Å²) in [4.78, 5) is 0. The van der Waals surface area contributed by atoms with E-state index in [4.69, 9.17) is 21.9 Å². The number of hydrogen-bond acceptors (Lipinski definition) is 3. The van der Waals surface area contributed by atoms with Crippen molar-refractivity contribution in [1.29, 1.82) is 0 Å². The molecule has 2 rings (SSSR count). The highest BCUT2D eigenvalue weighted by Gasteiger charge is 2.14. The Bertz CT molecular complexity index is 504. The van der Waals surface area contributed by atoms with Gasteiger partial charge in [0, 0.05) is 20.6 Å². The van der Waals surface area contributed by atoms with Crippen LogP contribution in [0.25, 0.3) is 11.3 Å². The first-order chi connectivity index (χ1) is 7.61. The lowest BCUT2D eigenvalue weighted by Gasteiger charge is -2.01. The average molecular weight is 302 g/mol. The summed E-state index contributed by atoms with van der Waals surface area (Å²) in [6, 6.07) is 5.56. The van der Waals surface area contributed by atoms with E-state index in [1.165, 1.54) is 0 Å². The van der Waals surface area contributed by atoms with E-state index in [1.54, 1.807) is 0 Å². The molecule has 1 aromatic carbocycles. The maximum atomic E-state index is 5.98. The number of nitrogens with two attached hydrogens (primary N) is 1. The van der Waals surface area contributed by atoms with Gasteiger partial charge in [-0.15, -0.1) is 0 Å². The maximum Gasteiger partial charge on any atom is 0.172 e. The number of nitrogen functional groups attached to an aromatic ring is 1. The van der Waals surface area contributed by atoms with Gasteiger partial charge >= 0.3 is 0 Å². The fraction of sp³-hybridized carbons (Fsp3) is 0.182. The van der Waals surface area contributed by atoms with Crippen LogP contribution in [0.5, 0.6) is 0 Å². The van der Waals surface area contributed by atoms with Gasteiger partial charge in [0.05, 0.1) is 0 Å². The largest absolute Gasteiger partial charge is 0.381 e. The fourth-order valence-electron chi connectivity index (χ4n) is 1.57. The molecular weight excluding hydrogens is 291 g/mol. The second-order valence-corrected chi connectivity index (χ2v) is 4.74. The van der Waals surface area contributed by atoms with Crippen molar-refractivity contribution in [3.63, 3.8) is 0 Å². The molecule has 16 heavy (non-hydrogen) atoms. The molecule has 0 aliphatic carbocycles. The van der Waals surface area contributed by atoms with Gasteiger partial charge in [0.2, 0.25) is 0 Å². The van der Waals surface area contributed by atoms with Gasteiger partial charge in [-0.3, -0.25) is 0 Å². The van der Waals surface area contributed by atoms with E-state index in [0.717, 1.165) is 22.0 Å². The van der Waals surface area contributed by atoms with Crippen molar-refractivity contribution in [2.75, 3.05) is 5.73 Å². The molecule has 1 aromatic heterocycles. The van der Waals surface area contributed by atoms with Crippen LogP contribution in [0.3, 0.4) is 0 Å². The highest BCUT2D eigenvalue weighted by Crippen LogP contribution is 2.32. The molecule has 0 saturated heterocycles. The van der Waals surface area contributed by atoms with Gasteiger partial charge in [-0.1, -0.05) is 39.6 Å². The minimum Gasteiger partial charge on any atom is -0.381 e. The molecular formula is C11H10BrClN2O. The first kappa shape index (κ1) is 11.5. The van der Waals surface area contributed by atoms with Crippen molar-refractivity contribution in [2.45, 2.75) is 13.3 Å². The monoisotopic (exact) mass is 300 g/mol. The number of rotatable bonds is 2. The average Bonchev–Trinajstić information content (AvgIpc) is 2.58. The number of aromatic nitrogens is 1. The van der Waals surface area contributed by atoms with Crippen molar-refractivity contribution in [3.05, 3.63) is 33.3 Å². The zero-order valence-corrected chi connectivity index (χ0v) is 11.0. The zero-order chi connectivity index (χ0) is 11.7. The first-order valence-corrected chi connectivity index (χ1v) is 5.99. The normalized spacial score (nSPS) is 10.7. The van der Waals surface area contributed by atoms with Gasteiger partial charge in [0.25, 0.3) is 0 Å². The van der Waals surface area contributed by atoms with Crippen LogP contribution >= 0.6 is 27.5 Å². The van der Waals surface area contributed by atoms with E-state index >= 15 is 0 Å². The number of hydrogen-bond donors (Lipinski definition) is 1. The van der Waals surface area contributed by atoms with Crippen molar-refractivity contribution >= 4 is 33.3 Å². The van der Waals surface area contributed by atoms with Crippen molar-refractivity contribution in [3.8, 4) is 11.3 Å². The van der Waals surface area contributed by atoms with E-state index < -0.39 is 0 Å². The Balaban J connectivity index is 2.58. The molecule has 0 aliphatic heterocycles. The van der Waals surface area contributed by atoms with Crippen LogP contribution in [0.2, 0.25) is 5.02 Å². The molecule has 2 N–H and O–H groups in total. The van der Waals surface area contributed by atoms with Crippen molar-refractivity contribution in [2.24, 2.45) is 0 Å². The fourth-order valence-corrected chi connectivity index (χ4v) is 2.44. The Hall–Kier alpha value is -1.000. The Kier molecular flexibility index (Phi) is 3.21. The molecule has 2 aromatic rings. The van der Waals surface area contributed by atoms with Crippen LogP contribution in [0, 0.1) is 0 Å². The topological polar surface area (TPSA) is 52.0 Å². The second-order valence-electron chi connectivity index (χ2n) is 3.39. The SMILES string of the molecule is CCc1c(N)noc1-c1cc(Cl)cc(Br)c1. The third kappa shape index (κ3) is 2.08.